The molecule has 1 aromatic heterocycles. The third-order valence-electron chi connectivity index (χ3n) is 3.41. The minimum atomic E-state index is -0.518. The summed E-state index contributed by atoms with van der Waals surface area (Å²) >= 11 is 0. The van der Waals surface area contributed by atoms with Crippen molar-refractivity contribution in [1.82, 2.24) is 21.2 Å². The Labute approximate surface area is 156 Å². The summed E-state index contributed by atoms with van der Waals surface area (Å²) < 4.78 is 5.06. The minimum absolute atomic E-state index is 0.0185. The number of hydrazine groups is 1. The van der Waals surface area contributed by atoms with Crippen molar-refractivity contribution in [2.75, 3.05) is 13.7 Å². The van der Waals surface area contributed by atoms with Crippen LogP contribution >= 0.6 is 0 Å². The van der Waals surface area contributed by atoms with Crippen molar-refractivity contribution < 1.29 is 19.1 Å². The molecule has 0 aliphatic rings. The van der Waals surface area contributed by atoms with Crippen LogP contribution in [-0.4, -0.2) is 36.4 Å². The Kier molecular flexibility index (Phi) is 7.52. The summed E-state index contributed by atoms with van der Waals surface area (Å²) in [6.45, 7) is 0.136. The molecule has 0 spiro atoms. The number of nitrogens with one attached hydrogen (secondary N) is 3. The predicted molar refractivity (Wildman–Crippen MR) is 99.5 cm³/mol. The molecule has 8 nitrogen and oxygen atoms in total. The Morgan fingerprint density at radius 2 is 1.85 bits per heavy atom. The van der Waals surface area contributed by atoms with Crippen molar-refractivity contribution in [3.8, 4) is 5.75 Å². The second-order valence-electron chi connectivity index (χ2n) is 5.36. The van der Waals surface area contributed by atoms with E-state index in [2.05, 4.69) is 21.2 Å². The summed E-state index contributed by atoms with van der Waals surface area (Å²) in [6, 6.07) is 12.1. The summed E-state index contributed by atoms with van der Waals surface area (Å²) in [5, 5.41) is 2.59. The molecule has 2 aromatic rings. The fourth-order valence-corrected chi connectivity index (χ4v) is 2.00. The molecule has 2 rings (SSSR count). The number of ether oxygens (including phenoxy) is 1. The fraction of sp³-hybridized carbons (Fsp3) is 0.158. The fourth-order valence-electron chi connectivity index (χ4n) is 2.00. The lowest BCUT2D eigenvalue weighted by molar-refractivity contribution is -0.122. The van der Waals surface area contributed by atoms with E-state index in [0.717, 1.165) is 11.3 Å². The molecule has 0 aliphatic carbocycles. The average Bonchev–Trinajstić information content (AvgIpc) is 2.71. The molecule has 0 bridgehead atoms. The number of methoxy groups -OCH3 is 1. The number of pyridine rings is 1. The van der Waals surface area contributed by atoms with Crippen molar-refractivity contribution in [2.24, 2.45) is 0 Å². The first-order valence-electron chi connectivity index (χ1n) is 8.18. The van der Waals surface area contributed by atoms with Crippen LogP contribution in [0.4, 0.5) is 0 Å². The van der Waals surface area contributed by atoms with Gasteiger partial charge in [-0.1, -0.05) is 18.2 Å². The van der Waals surface area contributed by atoms with Gasteiger partial charge in [-0.25, -0.2) is 0 Å². The third-order valence-corrected chi connectivity index (χ3v) is 3.41. The molecule has 1 aromatic carbocycles. The lowest BCUT2D eigenvalue weighted by atomic mass is 10.2. The topological polar surface area (TPSA) is 109 Å². The van der Waals surface area contributed by atoms with E-state index in [-0.39, 0.29) is 24.6 Å². The lowest BCUT2D eigenvalue weighted by Crippen LogP contribution is -2.43. The van der Waals surface area contributed by atoms with E-state index in [1.54, 1.807) is 37.5 Å². The smallest absolute Gasteiger partial charge is 0.288 e. The molecule has 140 valence electrons. The average molecular weight is 368 g/mol. The minimum Gasteiger partial charge on any atom is -0.497 e. The monoisotopic (exact) mass is 368 g/mol. The van der Waals surface area contributed by atoms with Crippen LogP contribution in [0.5, 0.6) is 5.75 Å². The predicted octanol–water partition coefficient (Wildman–Crippen LogP) is 1.07. The normalized spacial score (nSPS) is 10.3. The number of nitrogens with zero attached hydrogens (tertiary/aromatic N) is 1. The van der Waals surface area contributed by atoms with Crippen molar-refractivity contribution in [2.45, 2.75) is 6.42 Å². The summed E-state index contributed by atoms with van der Waals surface area (Å²) in [5.41, 5.74) is 5.56. The zero-order valence-electron chi connectivity index (χ0n) is 14.8. The summed E-state index contributed by atoms with van der Waals surface area (Å²) in [4.78, 5) is 39.0. The second kappa shape index (κ2) is 10.3. The standard InChI is InChI=1S/C19H20N4O4/c1-27-15-8-5-14(6-9-15)7-10-17(24)21-13-11-18(25)22-23-19(26)16-4-2-3-12-20-16/h2-10,12H,11,13H2,1H3,(H,21,24)(H,22,25)(H,23,26)/b10-7+. The molecule has 0 fully saturated rings. The summed E-state index contributed by atoms with van der Waals surface area (Å²) in [7, 11) is 1.58. The van der Waals surface area contributed by atoms with Gasteiger partial charge >= 0.3 is 0 Å². The molecule has 0 atom stereocenters. The van der Waals surface area contributed by atoms with Crippen molar-refractivity contribution in [1.29, 1.82) is 0 Å². The van der Waals surface area contributed by atoms with Gasteiger partial charge in [0.25, 0.3) is 5.91 Å². The van der Waals surface area contributed by atoms with Gasteiger partial charge in [-0.2, -0.15) is 0 Å². The highest BCUT2D eigenvalue weighted by Gasteiger charge is 2.08. The Hall–Kier alpha value is -3.68. The van der Waals surface area contributed by atoms with Crippen LogP contribution in [0.25, 0.3) is 6.08 Å². The van der Waals surface area contributed by atoms with Crippen molar-refractivity contribution >= 4 is 23.8 Å². The van der Waals surface area contributed by atoms with E-state index >= 15 is 0 Å². The number of hydrogen-bond acceptors (Lipinski definition) is 5. The molecule has 0 unspecified atom stereocenters. The Bertz CT molecular complexity index is 804. The van der Waals surface area contributed by atoms with E-state index in [4.69, 9.17) is 4.74 Å². The number of rotatable bonds is 7. The van der Waals surface area contributed by atoms with Crippen molar-refractivity contribution in [3.63, 3.8) is 0 Å². The Morgan fingerprint density at radius 1 is 1.07 bits per heavy atom. The van der Waals surface area contributed by atoms with Crippen LogP contribution in [0.3, 0.4) is 0 Å². The zero-order chi connectivity index (χ0) is 19.5. The number of carbonyl (C=O) groups excluding carboxylic acids is 3. The van der Waals surface area contributed by atoms with Gasteiger partial charge in [0.2, 0.25) is 11.8 Å². The van der Waals surface area contributed by atoms with Gasteiger partial charge in [-0.15, -0.1) is 0 Å². The van der Waals surface area contributed by atoms with Crippen molar-refractivity contribution in [3.05, 3.63) is 66.0 Å². The number of benzene rings is 1. The second-order valence-corrected chi connectivity index (χ2v) is 5.36. The van der Waals surface area contributed by atoms with Gasteiger partial charge in [0.1, 0.15) is 11.4 Å². The van der Waals surface area contributed by atoms with Crippen LogP contribution in [0, 0.1) is 0 Å². The number of amides is 3. The van der Waals surface area contributed by atoms with Gasteiger partial charge in [0.15, 0.2) is 0 Å². The highest BCUT2D eigenvalue weighted by atomic mass is 16.5. The molecule has 27 heavy (non-hydrogen) atoms. The molecular weight excluding hydrogens is 348 g/mol. The van der Waals surface area contributed by atoms with Crippen LogP contribution in [0.2, 0.25) is 0 Å². The maximum atomic E-state index is 11.7. The largest absolute Gasteiger partial charge is 0.497 e. The Balaban J connectivity index is 1.65. The zero-order valence-corrected chi connectivity index (χ0v) is 14.8. The molecular formula is C19H20N4O4. The molecule has 0 aliphatic heterocycles. The quantitative estimate of drug-likeness (QED) is 0.500. The third kappa shape index (κ3) is 6.99. The molecule has 8 heteroatoms. The highest BCUT2D eigenvalue weighted by Crippen LogP contribution is 2.12. The maximum Gasteiger partial charge on any atom is 0.288 e. The van der Waals surface area contributed by atoms with E-state index in [0.29, 0.717) is 0 Å². The van der Waals surface area contributed by atoms with Gasteiger partial charge in [-0.05, 0) is 35.9 Å². The Morgan fingerprint density at radius 3 is 2.52 bits per heavy atom. The number of aromatic nitrogens is 1. The molecule has 3 N–H and O–H groups in total. The summed E-state index contributed by atoms with van der Waals surface area (Å²) in [6.07, 6.45) is 4.53. The first-order valence-corrected chi connectivity index (χ1v) is 8.18. The molecule has 3 amide bonds. The van der Waals surface area contributed by atoms with Gasteiger partial charge < -0.3 is 10.1 Å². The van der Waals surface area contributed by atoms with Gasteiger partial charge in [0.05, 0.1) is 7.11 Å². The first-order chi connectivity index (χ1) is 13.1. The SMILES string of the molecule is COc1ccc(/C=C/C(=O)NCCC(=O)NNC(=O)c2ccccn2)cc1. The lowest BCUT2D eigenvalue weighted by Gasteiger charge is -2.07. The van der Waals surface area contributed by atoms with Crippen LogP contribution in [0.15, 0.2) is 54.7 Å². The molecule has 0 saturated heterocycles. The number of hydrogen-bond donors (Lipinski definition) is 3. The van der Waals surface area contributed by atoms with Crippen LogP contribution < -0.4 is 20.9 Å². The van der Waals surface area contributed by atoms with Crippen LogP contribution in [0.1, 0.15) is 22.5 Å². The van der Waals surface area contributed by atoms with E-state index in [1.165, 1.54) is 18.3 Å². The molecule has 1 heterocycles. The van der Waals surface area contributed by atoms with Gasteiger partial charge in [0, 0.05) is 25.2 Å². The molecule has 0 saturated carbocycles. The maximum absolute atomic E-state index is 11.7. The highest BCUT2D eigenvalue weighted by molar-refractivity contribution is 5.94. The summed E-state index contributed by atoms with van der Waals surface area (Å²) in [5.74, 6) is -0.539. The molecule has 0 radical (unpaired) electrons. The van der Waals surface area contributed by atoms with Crippen LogP contribution in [-0.2, 0) is 9.59 Å². The van der Waals surface area contributed by atoms with E-state index in [9.17, 15) is 14.4 Å². The van der Waals surface area contributed by atoms with Gasteiger partial charge in [-0.3, -0.25) is 30.2 Å². The first kappa shape index (κ1) is 19.6. The van der Waals surface area contributed by atoms with E-state index < -0.39 is 11.8 Å². The number of carbonyl (C=O) groups is 3. The van der Waals surface area contributed by atoms with E-state index in [1.807, 2.05) is 12.1 Å².